The normalized spacial score (nSPS) is 17.3. The minimum absolute atomic E-state index is 0. The molecule has 0 aliphatic carbocycles. The topological polar surface area (TPSA) is 20.3 Å². The van der Waals surface area contributed by atoms with Crippen molar-refractivity contribution in [1.82, 2.24) is 4.90 Å². The maximum atomic E-state index is 12.5. The summed E-state index contributed by atoms with van der Waals surface area (Å²) in [4.78, 5) is 14.4. The maximum absolute atomic E-state index is 12.5. The molecular weight excluding hydrogens is 303 g/mol. The third kappa shape index (κ3) is 4.71. The summed E-state index contributed by atoms with van der Waals surface area (Å²) in [7, 11) is 0. The van der Waals surface area contributed by atoms with E-state index in [0.717, 1.165) is 38.1 Å². The van der Waals surface area contributed by atoms with Crippen molar-refractivity contribution < 1.29 is 18.0 Å². The molecule has 1 aromatic carbocycles. The van der Waals surface area contributed by atoms with Gasteiger partial charge in [-0.25, -0.2) is 0 Å². The van der Waals surface area contributed by atoms with Crippen molar-refractivity contribution in [3.05, 3.63) is 35.4 Å². The smallest absolute Gasteiger partial charge is 0.303 e. The molecule has 0 spiro atoms. The monoisotopic (exact) mass is 321 g/mol. The van der Waals surface area contributed by atoms with Crippen LogP contribution in [-0.2, 0) is 6.18 Å². The number of carbonyl (C=O) groups excluding carboxylic acids is 1. The summed E-state index contributed by atoms with van der Waals surface area (Å²) in [6.07, 6.45) is -2.05. The lowest BCUT2D eigenvalue weighted by Gasteiger charge is -2.19. The fourth-order valence-electron chi connectivity index (χ4n) is 2.54. The van der Waals surface area contributed by atoms with E-state index < -0.39 is 11.7 Å². The molecule has 2 rings (SSSR count). The number of hydrogen-bond acceptors (Lipinski definition) is 2. The minimum Gasteiger partial charge on any atom is -0.303 e. The van der Waals surface area contributed by atoms with Crippen molar-refractivity contribution in [3.63, 3.8) is 0 Å². The lowest BCUT2D eigenvalue weighted by Crippen LogP contribution is -2.29. The number of likely N-dealkylation sites (tertiary alicyclic amines) is 1. The van der Waals surface area contributed by atoms with Crippen molar-refractivity contribution in [2.75, 3.05) is 19.6 Å². The van der Waals surface area contributed by atoms with E-state index in [9.17, 15) is 18.0 Å². The third-order valence-electron chi connectivity index (χ3n) is 3.68. The van der Waals surface area contributed by atoms with Gasteiger partial charge in [0, 0.05) is 18.0 Å². The predicted molar refractivity (Wildman–Crippen MR) is 77.9 cm³/mol. The Morgan fingerprint density at radius 3 is 2.19 bits per heavy atom. The molecule has 0 saturated carbocycles. The average molecular weight is 322 g/mol. The zero-order valence-corrected chi connectivity index (χ0v) is 12.6. The molecule has 1 saturated heterocycles. The largest absolute Gasteiger partial charge is 0.416 e. The average Bonchev–Trinajstić information content (AvgIpc) is 2.90. The van der Waals surface area contributed by atoms with Crippen molar-refractivity contribution in [1.29, 1.82) is 0 Å². The van der Waals surface area contributed by atoms with Gasteiger partial charge in [-0.3, -0.25) is 4.79 Å². The minimum atomic E-state index is -4.36. The molecule has 21 heavy (non-hydrogen) atoms. The van der Waals surface area contributed by atoms with Gasteiger partial charge in [-0.1, -0.05) is 19.1 Å². The van der Waals surface area contributed by atoms with Crippen LogP contribution in [0.15, 0.2) is 24.3 Å². The molecule has 2 nitrogen and oxygen atoms in total. The number of ketones is 1. The van der Waals surface area contributed by atoms with E-state index in [1.807, 2.05) is 6.92 Å². The molecule has 0 unspecified atom stereocenters. The molecule has 0 bridgehead atoms. The van der Waals surface area contributed by atoms with Crippen LogP contribution in [0.2, 0.25) is 0 Å². The van der Waals surface area contributed by atoms with Crippen molar-refractivity contribution in [3.8, 4) is 0 Å². The van der Waals surface area contributed by atoms with Crippen LogP contribution in [0.5, 0.6) is 0 Å². The molecule has 1 aromatic rings. The van der Waals surface area contributed by atoms with Gasteiger partial charge in [-0.2, -0.15) is 13.2 Å². The fourth-order valence-corrected chi connectivity index (χ4v) is 2.54. The SMILES string of the molecule is C[C@@H](CN1CCCC1)C(=O)c1ccc(C(F)(F)F)cc1.Cl. The predicted octanol–water partition coefficient (Wildman–Crippen LogP) is 4.04. The summed E-state index contributed by atoms with van der Waals surface area (Å²) < 4.78 is 37.4. The van der Waals surface area contributed by atoms with E-state index in [4.69, 9.17) is 0 Å². The standard InChI is InChI=1S/C15H18F3NO.ClH/c1-11(10-19-8-2-3-9-19)14(20)12-4-6-13(7-5-12)15(16,17)18;/h4-7,11H,2-3,8-10H2,1H3;1H/t11-;/m0./s1. The second-order valence-electron chi connectivity index (χ2n) is 5.35. The van der Waals surface area contributed by atoms with Crippen LogP contribution in [0, 0.1) is 5.92 Å². The number of alkyl halides is 3. The summed E-state index contributed by atoms with van der Waals surface area (Å²) in [6, 6.07) is 4.48. The molecule has 1 aliphatic heterocycles. The molecule has 1 atom stereocenters. The molecule has 118 valence electrons. The van der Waals surface area contributed by atoms with Crippen LogP contribution < -0.4 is 0 Å². The van der Waals surface area contributed by atoms with Gasteiger partial charge in [0.25, 0.3) is 0 Å². The number of carbonyl (C=O) groups is 1. The van der Waals surface area contributed by atoms with Crippen molar-refractivity contribution >= 4 is 18.2 Å². The van der Waals surface area contributed by atoms with E-state index in [-0.39, 0.29) is 24.1 Å². The Labute approximate surface area is 128 Å². The van der Waals surface area contributed by atoms with Gasteiger partial charge in [-0.05, 0) is 38.1 Å². The lowest BCUT2D eigenvalue weighted by molar-refractivity contribution is -0.137. The van der Waals surface area contributed by atoms with E-state index >= 15 is 0 Å². The van der Waals surface area contributed by atoms with E-state index in [1.165, 1.54) is 12.1 Å². The molecule has 0 aromatic heterocycles. The number of hydrogen-bond donors (Lipinski definition) is 0. The highest BCUT2D eigenvalue weighted by Gasteiger charge is 2.30. The molecule has 0 amide bonds. The molecule has 0 radical (unpaired) electrons. The number of halogens is 4. The summed E-state index contributed by atoms with van der Waals surface area (Å²) in [5, 5.41) is 0. The van der Waals surface area contributed by atoms with Crippen molar-refractivity contribution in [2.45, 2.75) is 25.9 Å². The second-order valence-corrected chi connectivity index (χ2v) is 5.35. The highest BCUT2D eigenvalue weighted by atomic mass is 35.5. The molecule has 1 heterocycles. The quantitative estimate of drug-likeness (QED) is 0.780. The van der Waals surface area contributed by atoms with E-state index in [0.29, 0.717) is 12.1 Å². The maximum Gasteiger partial charge on any atom is 0.416 e. The number of Topliss-reactive ketones (excluding diaryl/α,β-unsaturated/α-hetero) is 1. The van der Waals surface area contributed by atoms with Crippen molar-refractivity contribution in [2.24, 2.45) is 5.92 Å². The first kappa shape index (κ1) is 18.0. The van der Waals surface area contributed by atoms with Gasteiger partial charge >= 0.3 is 6.18 Å². The van der Waals surface area contributed by atoms with Gasteiger partial charge < -0.3 is 4.90 Å². The lowest BCUT2D eigenvalue weighted by atomic mass is 9.98. The first-order chi connectivity index (χ1) is 9.38. The summed E-state index contributed by atoms with van der Waals surface area (Å²) >= 11 is 0. The summed E-state index contributed by atoms with van der Waals surface area (Å²) in [5.41, 5.74) is -0.369. The molecule has 6 heteroatoms. The van der Waals surface area contributed by atoms with E-state index in [2.05, 4.69) is 4.90 Å². The van der Waals surface area contributed by atoms with Gasteiger partial charge in [0.05, 0.1) is 5.56 Å². The van der Waals surface area contributed by atoms with Crippen LogP contribution in [0.25, 0.3) is 0 Å². The number of rotatable bonds is 4. The van der Waals surface area contributed by atoms with Gasteiger partial charge in [-0.15, -0.1) is 12.4 Å². The van der Waals surface area contributed by atoms with Gasteiger partial charge in [0.2, 0.25) is 0 Å². The molecule has 1 fully saturated rings. The first-order valence-corrected chi connectivity index (χ1v) is 6.82. The zero-order chi connectivity index (χ0) is 14.8. The highest BCUT2D eigenvalue weighted by Crippen LogP contribution is 2.29. The van der Waals surface area contributed by atoms with Crippen LogP contribution in [0.1, 0.15) is 35.7 Å². The number of benzene rings is 1. The Kier molecular flexibility index (Phi) is 6.23. The Bertz CT molecular complexity index is 467. The van der Waals surface area contributed by atoms with Gasteiger partial charge in [0.1, 0.15) is 0 Å². The number of nitrogens with zero attached hydrogens (tertiary/aromatic N) is 1. The van der Waals surface area contributed by atoms with E-state index in [1.54, 1.807) is 0 Å². The zero-order valence-electron chi connectivity index (χ0n) is 11.8. The van der Waals surface area contributed by atoms with Gasteiger partial charge in [0.15, 0.2) is 5.78 Å². The molecule has 0 N–H and O–H groups in total. The Hall–Kier alpha value is -1.07. The Balaban J connectivity index is 0.00000220. The summed E-state index contributed by atoms with van der Waals surface area (Å²) in [5.74, 6) is -0.282. The second kappa shape index (κ2) is 7.27. The summed E-state index contributed by atoms with van der Waals surface area (Å²) in [6.45, 7) is 4.52. The van der Waals surface area contributed by atoms with Crippen LogP contribution in [0.3, 0.4) is 0 Å². The Morgan fingerprint density at radius 2 is 1.71 bits per heavy atom. The fraction of sp³-hybridized carbons (Fsp3) is 0.533. The first-order valence-electron chi connectivity index (χ1n) is 6.82. The van der Waals surface area contributed by atoms with Crippen LogP contribution in [0.4, 0.5) is 13.2 Å². The van der Waals surface area contributed by atoms with Crippen LogP contribution >= 0.6 is 12.4 Å². The third-order valence-corrected chi connectivity index (χ3v) is 3.68. The molecule has 1 aliphatic rings. The Morgan fingerprint density at radius 1 is 1.19 bits per heavy atom. The van der Waals surface area contributed by atoms with Crippen LogP contribution in [-0.4, -0.2) is 30.3 Å². The highest BCUT2D eigenvalue weighted by molar-refractivity contribution is 5.97. The molecular formula is C15H19ClF3NO.